The molecule has 1 atom stereocenters. The lowest BCUT2D eigenvalue weighted by Gasteiger charge is -2.25. The lowest BCUT2D eigenvalue weighted by Crippen LogP contribution is -2.42. The topological polar surface area (TPSA) is 103 Å². The summed E-state index contributed by atoms with van der Waals surface area (Å²) >= 11 is 0. The van der Waals surface area contributed by atoms with E-state index in [-0.39, 0.29) is 12.3 Å². The molecule has 1 unspecified atom stereocenters. The van der Waals surface area contributed by atoms with Gasteiger partial charge in [-0.25, -0.2) is 4.79 Å². The van der Waals surface area contributed by atoms with Crippen molar-refractivity contribution in [2.75, 3.05) is 27.9 Å². The molecule has 0 heterocycles. The third kappa shape index (κ3) is 9.54. The molecule has 0 radical (unpaired) electrons. The summed E-state index contributed by atoms with van der Waals surface area (Å²) in [6, 6.07) is 0.517. The fourth-order valence-corrected chi connectivity index (χ4v) is 3.73. The number of aliphatic carboxylic acids is 1. The first-order valence-corrected chi connectivity index (χ1v) is 9.53. The summed E-state index contributed by atoms with van der Waals surface area (Å²) in [4.78, 5) is 22.6. The van der Waals surface area contributed by atoms with Crippen LogP contribution in [0.3, 0.4) is 0 Å². The van der Waals surface area contributed by atoms with Crippen LogP contribution in [-0.2, 0) is 22.8 Å². The maximum atomic E-state index is 11.7. The largest absolute Gasteiger partial charge is 0.500 e. The highest BCUT2D eigenvalue weighted by Gasteiger charge is 2.37. The van der Waals surface area contributed by atoms with Crippen molar-refractivity contribution in [3.8, 4) is 0 Å². The molecule has 0 aromatic carbocycles. The number of nitrogens with one attached hydrogen (secondary N) is 1. The van der Waals surface area contributed by atoms with Crippen LogP contribution < -0.4 is 5.32 Å². The van der Waals surface area contributed by atoms with Gasteiger partial charge in [0.1, 0.15) is 6.10 Å². The quantitative estimate of drug-likeness (QED) is 0.517. The van der Waals surface area contributed by atoms with E-state index >= 15 is 0 Å². The van der Waals surface area contributed by atoms with Gasteiger partial charge in [-0.2, -0.15) is 0 Å². The Hall–Kier alpha value is -1.16. The molecule has 2 N–H and O–H groups in total. The Morgan fingerprint density at radius 1 is 1.13 bits per heavy atom. The highest BCUT2D eigenvalue weighted by molar-refractivity contribution is 6.60. The first-order valence-electron chi connectivity index (χ1n) is 7.60. The van der Waals surface area contributed by atoms with Gasteiger partial charge < -0.3 is 28.4 Å². The van der Waals surface area contributed by atoms with Crippen molar-refractivity contribution in [1.29, 1.82) is 0 Å². The average molecular weight is 351 g/mol. The number of carbonyl (C=O) groups is 2. The van der Waals surface area contributed by atoms with Crippen molar-refractivity contribution in [3.05, 3.63) is 0 Å². The van der Waals surface area contributed by atoms with E-state index in [0.29, 0.717) is 25.4 Å². The SMILES string of the molecule is CO[Si](CCCC(CC(=O)O)OC(=O)NCC(C)C)(OC)OC. The fourth-order valence-electron chi connectivity index (χ4n) is 1.98. The van der Waals surface area contributed by atoms with Gasteiger partial charge in [0.25, 0.3) is 0 Å². The van der Waals surface area contributed by atoms with E-state index in [1.54, 1.807) is 0 Å². The Kier molecular flexibility index (Phi) is 10.8. The number of rotatable bonds is 12. The van der Waals surface area contributed by atoms with Crippen LogP contribution in [0.5, 0.6) is 0 Å². The van der Waals surface area contributed by atoms with Gasteiger partial charge >= 0.3 is 20.9 Å². The second-order valence-corrected chi connectivity index (χ2v) is 8.68. The molecular formula is C14H29NO7Si. The van der Waals surface area contributed by atoms with Crippen LogP contribution in [0.25, 0.3) is 0 Å². The molecule has 0 rings (SSSR count). The van der Waals surface area contributed by atoms with E-state index in [9.17, 15) is 9.59 Å². The Morgan fingerprint density at radius 3 is 2.13 bits per heavy atom. The Morgan fingerprint density at radius 2 is 1.70 bits per heavy atom. The lowest BCUT2D eigenvalue weighted by molar-refractivity contribution is -0.139. The minimum Gasteiger partial charge on any atom is -0.481 e. The molecule has 0 saturated heterocycles. The predicted molar refractivity (Wildman–Crippen MR) is 86.2 cm³/mol. The van der Waals surface area contributed by atoms with Gasteiger partial charge in [0.15, 0.2) is 0 Å². The van der Waals surface area contributed by atoms with Gasteiger partial charge in [-0.1, -0.05) is 13.8 Å². The number of carbonyl (C=O) groups excluding carboxylic acids is 1. The molecular weight excluding hydrogens is 322 g/mol. The van der Waals surface area contributed by atoms with Gasteiger partial charge in [0.05, 0.1) is 6.42 Å². The molecule has 136 valence electrons. The highest BCUT2D eigenvalue weighted by atomic mass is 28.4. The van der Waals surface area contributed by atoms with Gasteiger partial charge in [0, 0.05) is 33.9 Å². The van der Waals surface area contributed by atoms with Crippen LogP contribution in [0, 0.1) is 5.92 Å². The Balaban J connectivity index is 4.44. The zero-order valence-corrected chi connectivity index (χ0v) is 15.6. The standard InChI is InChI=1S/C14H29NO7Si/c1-11(2)10-15-14(18)22-12(9-13(16)17)7-6-8-23(19-3,20-4)21-5/h11-12H,6-10H2,1-5H3,(H,15,18)(H,16,17). The second kappa shape index (κ2) is 11.4. The second-order valence-electron chi connectivity index (χ2n) is 5.59. The van der Waals surface area contributed by atoms with E-state index in [1.165, 1.54) is 21.3 Å². The summed E-state index contributed by atoms with van der Waals surface area (Å²) in [5.41, 5.74) is 0. The van der Waals surface area contributed by atoms with Crippen LogP contribution in [0.15, 0.2) is 0 Å². The zero-order valence-electron chi connectivity index (χ0n) is 14.6. The molecule has 0 fully saturated rings. The van der Waals surface area contributed by atoms with E-state index in [4.69, 9.17) is 23.1 Å². The summed E-state index contributed by atoms with van der Waals surface area (Å²) in [5.74, 6) is -0.724. The van der Waals surface area contributed by atoms with Crippen LogP contribution in [0.1, 0.15) is 33.1 Å². The summed E-state index contributed by atoms with van der Waals surface area (Å²) in [5, 5.41) is 11.5. The lowest BCUT2D eigenvalue weighted by atomic mass is 10.1. The molecule has 1 amide bonds. The molecule has 0 aromatic rings. The van der Waals surface area contributed by atoms with Crippen LogP contribution in [-0.4, -0.2) is 60.0 Å². The molecule has 8 nitrogen and oxygen atoms in total. The zero-order chi connectivity index (χ0) is 17.9. The molecule has 0 aliphatic carbocycles. The minimum atomic E-state index is -2.70. The van der Waals surface area contributed by atoms with Gasteiger partial charge in [-0.05, 0) is 18.8 Å². The number of alkyl carbamates (subject to hydrolysis) is 1. The van der Waals surface area contributed by atoms with E-state index in [0.717, 1.165) is 0 Å². The van der Waals surface area contributed by atoms with Crippen molar-refractivity contribution < 1.29 is 32.7 Å². The first-order chi connectivity index (χ1) is 10.8. The number of hydrogen-bond acceptors (Lipinski definition) is 6. The normalized spacial score (nSPS) is 13.0. The monoisotopic (exact) mass is 351 g/mol. The fraction of sp³-hybridized carbons (Fsp3) is 0.857. The molecule has 0 aliphatic heterocycles. The Bertz CT molecular complexity index is 353. The van der Waals surface area contributed by atoms with Crippen molar-refractivity contribution in [2.24, 2.45) is 5.92 Å². The van der Waals surface area contributed by atoms with Crippen LogP contribution in [0.2, 0.25) is 6.04 Å². The number of carboxylic acids is 1. The molecule has 0 spiro atoms. The van der Waals surface area contributed by atoms with Crippen LogP contribution in [0.4, 0.5) is 4.79 Å². The third-order valence-electron chi connectivity index (χ3n) is 3.27. The highest BCUT2D eigenvalue weighted by Crippen LogP contribution is 2.19. The number of carboxylic acid groups (broad SMARTS) is 1. The van der Waals surface area contributed by atoms with Crippen molar-refractivity contribution in [1.82, 2.24) is 5.32 Å². The minimum absolute atomic E-state index is 0.239. The van der Waals surface area contributed by atoms with Gasteiger partial charge in [-0.15, -0.1) is 0 Å². The molecule has 0 bridgehead atoms. The predicted octanol–water partition coefficient (Wildman–Crippen LogP) is 1.87. The third-order valence-corrected chi connectivity index (χ3v) is 6.10. The van der Waals surface area contributed by atoms with E-state index in [1.807, 2.05) is 13.8 Å². The van der Waals surface area contributed by atoms with E-state index in [2.05, 4.69) is 5.32 Å². The van der Waals surface area contributed by atoms with Gasteiger partial charge in [-0.3, -0.25) is 4.79 Å². The summed E-state index contributed by atoms with van der Waals surface area (Å²) in [6.07, 6.45) is -0.574. The maximum Gasteiger partial charge on any atom is 0.500 e. The average Bonchev–Trinajstić information content (AvgIpc) is 2.49. The molecule has 0 saturated carbocycles. The van der Waals surface area contributed by atoms with Gasteiger partial charge in [0.2, 0.25) is 0 Å². The number of hydrogen-bond donors (Lipinski definition) is 2. The number of ether oxygens (including phenoxy) is 1. The summed E-state index contributed by atoms with van der Waals surface area (Å²) in [6.45, 7) is 4.39. The summed E-state index contributed by atoms with van der Waals surface area (Å²) < 4.78 is 21.1. The molecule has 0 aromatic heterocycles. The van der Waals surface area contributed by atoms with Crippen molar-refractivity contribution >= 4 is 20.9 Å². The van der Waals surface area contributed by atoms with Crippen molar-refractivity contribution in [3.63, 3.8) is 0 Å². The first kappa shape index (κ1) is 21.8. The van der Waals surface area contributed by atoms with Crippen molar-refractivity contribution in [2.45, 2.75) is 45.3 Å². The maximum absolute atomic E-state index is 11.7. The molecule has 0 aliphatic rings. The Labute approximate surface area is 138 Å². The molecule has 23 heavy (non-hydrogen) atoms. The number of amides is 1. The van der Waals surface area contributed by atoms with E-state index < -0.39 is 27.0 Å². The summed E-state index contributed by atoms with van der Waals surface area (Å²) in [7, 11) is 1.86. The smallest absolute Gasteiger partial charge is 0.481 e. The van der Waals surface area contributed by atoms with Crippen LogP contribution >= 0.6 is 0 Å². The molecule has 9 heteroatoms.